The van der Waals surface area contributed by atoms with Crippen molar-refractivity contribution in [2.45, 2.75) is 31.0 Å². The van der Waals surface area contributed by atoms with Crippen LogP contribution in [0.3, 0.4) is 0 Å². The third-order valence-electron chi connectivity index (χ3n) is 3.52. The molecule has 1 fully saturated rings. The molecule has 1 aliphatic heterocycles. The number of carbonyl (C=O) groups excluding carboxylic acids is 1. The summed E-state index contributed by atoms with van der Waals surface area (Å²) in [6.07, 6.45) is 0.664. The Morgan fingerprint density at radius 3 is 2.60 bits per heavy atom. The Balaban J connectivity index is 2.04. The highest BCUT2D eigenvalue weighted by molar-refractivity contribution is 5.87. The lowest BCUT2D eigenvalue weighted by molar-refractivity contribution is -0.148. The van der Waals surface area contributed by atoms with Crippen LogP contribution in [0, 0.1) is 0 Å². The molecule has 1 aromatic rings. The molecule has 6 heteroatoms. The monoisotopic (exact) mass is 277 g/mol. The number of nitrogens with two attached hydrogens (primary N) is 2. The second-order valence-electron chi connectivity index (χ2n) is 5.14. The summed E-state index contributed by atoms with van der Waals surface area (Å²) < 4.78 is 0. The summed E-state index contributed by atoms with van der Waals surface area (Å²) in [4.78, 5) is 24.7. The average Bonchev–Trinajstić information content (AvgIpc) is 2.81. The van der Waals surface area contributed by atoms with Crippen LogP contribution in [0.25, 0.3) is 0 Å². The molecule has 0 radical (unpaired) electrons. The lowest BCUT2D eigenvalue weighted by Crippen LogP contribution is -2.49. The van der Waals surface area contributed by atoms with Gasteiger partial charge >= 0.3 is 5.97 Å². The summed E-state index contributed by atoms with van der Waals surface area (Å²) in [5.41, 5.74) is 12.6. The number of rotatable bonds is 4. The van der Waals surface area contributed by atoms with E-state index in [2.05, 4.69) is 0 Å². The van der Waals surface area contributed by atoms with E-state index < -0.39 is 18.1 Å². The van der Waals surface area contributed by atoms with Gasteiger partial charge in [0.05, 0.1) is 6.04 Å². The Labute approximate surface area is 117 Å². The van der Waals surface area contributed by atoms with Crippen molar-refractivity contribution >= 4 is 11.9 Å². The van der Waals surface area contributed by atoms with Crippen LogP contribution in [0.1, 0.15) is 12.0 Å². The Morgan fingerprint density at radius 1 is 1.35 bits per heavy atom. The molecule has 5 N–H and O–H groups in total. The van der Waals surface area contributed by atoms with Gasteiger partial charge < -0.3 is 21.5 Å². The number of carboxylic acids is 1. The first-order valence-corrected chi connectivity index (χ1v) is 6.57. The second kappa shape index (κ2) is 6.02. The number of carboxylic acid groups (broad SMARTS) is 1. The van der Waals surface area contributed by atoms with Crippen LogP contribution < -0.4 is 11.5 Å². The van der Waals surface area contributed by atoms with Gasteiger partial charge in [-0.3, -0.25) is 4.79 Å². The van der Waals surface area contributed by atoms with E-state index in [0.717, 1.165) is 5.56 Å². The van der Waals surface area contributed by atoms with Crippen molar-refractivity contribution in [1.82, 2.24) is 4.90 Å². The van der Waals surface area contributed by atoms with Gasteiger partial charge in [0, 0.05) is 12.6 Å². The number of likely N-dealkylation sites (tertiary alicyclic amines) is 1. The number of carbonyl (C=O) groups is 2. The second-order valence-corrected chi connectivity index (χ2v) is 5.14. The Hall–Kier alpha value is -1.92. The lowest BCUT2D eigenvalue weighted by Gasteiger charge is -2.24. The molecule has 0 aliphatic carbocycles. The molecule has 2 rings (SSSR count). The first-order valence-electron chi connectivity index (χ1n) is 6.57. The Morgan fingerprint density at radius 2 is 2.00 bits per heavy atom. The molecule has 108 valence electrons. The molecule has 0 bridgehead atoms. The van der Waals surface area contributed by atoms with Gasteiger partial charge in [0.1, 0.15) is 6.04 Å². The van der Waals surface area contributed by atoms with Crippen LogP contribution in [-0.4, -0.2) is 46.6 Å². The molecule has 0 saturated carbocycles. The predicted molar refractivity (Wildman–Crippen MR) is 73.9 cm³/mol. The standard InChI is InChI=1S/C14H19N3O3/c15-10-7-12(14(19)20)17(8-10)13(18)11(16)6-9-4-2-1-3-5-9/h1-5,10-12H,6-8,15-16H2,(H,19,20)/t10-,11-,12-/m0/s1. The summed E-state index contributed by atoms with van der Waals surface area (Å²) in [5, 5.41) is 9.13. The van der Waals surface area contributed by atoms with Crippen molar-refractivity contribution in [3.63, 3.8) is 0 Å². The molecule has 1 aromatic carbocycles. The first kappa shape index (κ1) is 14.5. The minimum atomic E-state index is -1.03. The summed E-state index contributed by atoms with van der Waals surface area (Å²) in [6.45, 7) is 0.248. The number of benzene rings is 1. The Bertz CT molecular complexity index is 492. The van der Waals surface area contributed by atoms with Gasteiger partial charge in [-0.15, -0.1) is 0 Å². The van der Waals surface area contributed by atoms with Crippen LogP contribution >= 0.6 is 0 Å². The van der Waals surface area contributed by atoms with Crippen molar-refractivity contribution < 1.29 is 14.7 Å². The van der Waals surface area contributed by atoms with Gasteiger partial charge in [0.2, 0.25) is 5.91 Å². The fraction of sp³-hybridized carbons (Fsp3) is 0.429. The van der Waals surface area contributed by atoms with Crippen LogP contribution in [0.5, 0.6) is 0 Å². The zero-order chi connectivity index (χ0) is 14.7. The molecular weight excluding hydrogens is 258 g/mol. The van der Waals surface area contributed by atoms with E-state index in [4.69, 9.17) is 16.6 Å². The van der Waals surface area contributed by atoms with Gasteiger partial charge in [-0.2, -0.15) is 0 Å². The average molecular weight is 277 g/mol. The highest BCUT2D eigenvalue weighted by atomic mass is 16.4. The molecule has 0 unspecified atom stereocenters. The highest BCUT2D eigenvalue weighted by Crippen LogP contribution is 2.18. The van der Waals surface area contributed by atoms with Crippen molar-refractivity contribution in [1.29, 1.82) is 0 Å². The lowest BCUT2D eigenvalue weighted by atomic mass is 10.1. The van der Waals surface area contributed by atoms with E-state index in [1.54, 1.807) is 0 Å². The predicted octanol–water partition coefficient (Wildman–Crippen LogP) is -0.431. The Kier molecular flexibility index (Phi) is 4.36. The number of hydrogen-bond donors (Lipinski definition) is 3. The molecular formula is C14H19N3O3. The SMILES string of the molecule is N[C@H]1C[C@@H](C(=O)O)N(C(=O)[C@@H](N)Cc2ccccc2)C1. The van der Waals surface area contributed by atoms with E-state index in [1.807, 2.05) is 30.3 Å². The van der Waals surface area contributed by atoms with E-state index >= 15 is 0 Å². The summed E-state index contributed by atoms with van der Waals surface area (Å²) in [7, 11) is 0. The molecule has 6 nitrogen and oxygen atoms in total. The molecule has 1 amide bonds. The van der Waals surface area contributed by atoms with Crippen molar-refractivity contribution in [2.75, 3.05) is 6.54 Å². The van der Waals surface area contributed by atoms with E-state index in [-0.39, 0.29) is 24.9 Å². The van der Waals surface area contributed by atoms with E-state index in [0.29, 0.717) is 6.42 Å². The normalized spacial score (nSPS) is 23.6. The van der Waals surface area contributed by atoms with Gasteiger partial charge in [0.15, 0.2) is 0 Å². The third-order valence-corrected chi connectivity index (χ3v) is 3.52. The summed E-state index contributed by atoms with van der Waals surface area (Å²) in [6, 6.07) is 7.50. The maximum Gasteiger partial charge on any atom is 0.326 e. The van der Waals surface area contributed by atoms with Crippen molar-refractivity contribution in [3.8, 4) is 0 Å². The van der Waals surface area contributed by atoms with Crippen LogP contribution in [-0.2, 0) is 16.0 Å². The fourth-order valence-electron chi connectivity index (χ4n) is 2.51. The van der Waals surface area contributed by atoms with Crippen LogP contribution in [0.4, 0.5) is 0 Å². The molecule has 20 heavy (non-hydrogen) atoms. The third kappa shape index (κ3) is 3.15. The number of amides is 1. The summed E-state index contributed by atoms with van der Waals surface area (Å²) >= 11 is 0. The maximum absolute atomic E-state index is 12.3. The van der Waals surface area contributed by atoms with Gasteiger partial charge in [0.25, 0.3) is 0 Å². The van der Waals surface area contributed by atoms with Crippen molar-refractivity contribution in [3.05, 3.63) is 35.9 Å². The molecule has 3 atom stereocenters. The van der Waals surface area contributed by atoms with Gasteiger partial charge in [-0.05, 0) is 18.4 Å². The molecule has 0 aromatic heterocycles. The topological polar surface area (TPSA) is 110 Å². The quantitative estimate of drug-likeness (QED) is 0.691. The summed E-state index contributed by atoms with van der Waals surface area (Å²) in [5.74, 6) is -1.38. The molecule has 0 spiro atoms. The first-order chi connectivity index (χ1) is 9.49. The smallest absolute Gasteiger partial charge is 0.326 e. The highest BCUT2D eigenvalue weighted by Gasteiger charge is 2.39. The van der Waals surface area contributed by atoms with Crippen molar-refractivity contribution in [2.24, 2.45) is 11.5 Å². The van der Waals surface area contributed by atoms with E-state index in [9.17, 15) is 9.59 Å². The zero-order valence-corrected chi connectivity index (χ0v) is 11.1. The zero-order valence-electron chi connectivity index (χ0n) is 11.1. The molecule has 1 heterocycles. The largest absolute Gasteiger partial charge is 0.480 e. The minimum absolute atomic E-state index is 0.248. The number of nitrogens with zero attached hydrogens (tertiary/aromatic N) is 1. The number of hydrogen-bond acceptors (Lipinski definition) is 4. The minimum Gasteiger partial charge on any atom is -0.480 e. The van der Waals surface area contributed by atoms with Gasteiger partial charge in [-0.25, -0.2) is 4.79 Å². The molecule has 1 aliphatic rings. The van der Waals surface area contributed by atoms with Crippen LogP contribution in [0.15, 0.2) is 30.3 Å². The maximum atomic E-state index is 12.3. The van der Waals surface area contributed by atoms with Crippen LogP contribution in [0.2, 0.25) is 0 Å². The number of aliphatic carboxylic acids is 1. The molecule has 1 saturated heterocycles. The van der Waals surface area contributed by atoms with Gasteiger partial charge in [-0.1, -0.05) is 30.3 Å². The fourth-order valence-corrected chi connectivity index (χ4v) is 2.51. The van der Waals surface area contributed by atoms with E-state index in [1.165, 1.54) is 4.90 Å².